The first-order valence-electron chi connectivity index (χ1n) is 5.30. The number of alkyl halides is 3. The van der Waals surface area contributed by atoms with E-state index in [2.05, 4.69) is 0 Å². The van der Waals surface area contributed by atoms with Crippen LogP contribution in [0.25, 0.3) is 0 Å². The Morgan fingerprint density at radius 1 is 1.38 bits per heavy atom. The van der Waals surface area contributed by atoms with Crippen LogP contribution in [0.15, 0.2) is 0 Å². The van der Waals surface area contributed by atoms with Gasteiger partial charge in [0, 0.05) is 26.2 Å². The van der Waals surface area contributed by atoms with Crippen molar-refractivity contribution in [2.75, 3.05) is 26.8 Å². The second-order valence-corrected chi connectivity index (χ2v) is 3.80. The molecular weight excluding hydrogens is 223 g/mol. The zero-order valence-corrected chi connectivity index (χ0v) is 9.92. The summed E-state index contributed by atoms with van der Waals surface area (Å²) < 4.78 is 41.4. The van der Waals surface area contributed by atoms with Crippen LogP contribution in [-0.4, -0.2) is 55.1 Å². The normalized spacial score (nSPS) is 16.5. The number of rotatable bonds is 7. The summed E-state index contributed by atoms with van der Waals surface area (Å²) in [6.45, 7) is 4.07. The molecule has 0 saturated carbocycles. The molecule has 0 amide bonds. The van der Waals surface area contributed by atoms with E-state index in [4.69, 9.17) is 9.84 Å². The second-order valence-electron chi connectivity index (χ2n) is 3.80. The number of aliphatic hydroxyl groups excluding tert-OH is 1. The van der Waals surface area contributed by atoms with E-state index in [1.807, 2.05) is 13.8 Å². The maximum atomic E-state index is 12.2. The Hall–Kier alpha value is -0.330. The van der Waals surface area contributed by atoms with Gasteiger partial charge in [0.05, 0.1) is 6.61 Å². The predicted molar refractivity (Wildman–Crippen MR) is 55.3 cm³/mol. The number of aliphatic hydroxyl groups is 1. The summed E-state index contributed by atoms with van der Waals surface area (Å²) in [5.74, 6) is 0. The lowest BCUT2D eigenvalue weighted by atomic mass is 10.2. The SMILES string of the molecule is CCC(C)N(CCOC)CC(O)C(F)(F)F. The molecule has 0 heterocycles. The van der Waals surface area contributed by atoms with E-state index in [9.17, 15) is 13.2 Å². The number of nitrogens with zero attached hydrogens (tertiary/aromatic N) is 1. The van der Waals surface area contributed by atoms with Crippen molar-refractivity contribution in [3.8, 4) is 0 Å². The largest absolute Gasteiger partial charge is 0.415 e. The molecule has 0 bridgehead atoms. The highest BCUT2D eigenvalue weighted by atomic mass is 19.4. The topological polar surface area (TPSA) is 32.7 Å². The molecule has 2 atom stereocenters. The monoisotopic (exact) mass is 243 g/mol. The minimum Gasteiger partial charge on any atom is -0.383 e. The van der Waals surface area contributed by atoms with Crippen LogP contribution in [0.4, 0.5) is 13.2 Å². The maximum Gasteiger partial charge on any atom is 0.415 e. The molecule has 0 rings (SSSR count). The fraction of sp³-hybridized carbons (Fsp3) is 1.00. The van der Waals surface area contributed by atoms with Crippen molar-refractivity contribution in [2.45, 2.75) is 38.6 Å². The first kappa shape index (κ1) is 15.7. The molecule has 0 aliphatic heterocycles. The predicted octanol–water partition coefficient (Wildman–Crippen LogP) is 1.66. The quantitative estimate of drug-likeness (QED) is 0.738. The second kappa shape index (κ2) is 7.09. The molecule has 0 fully saturated rings. The Labute approximate surface area is 94.2 Å². The van der Waals surface area contributed by atoms with Gasteiger partial charge < -0.3 is 9.84 Å². The molecule has 1 N–H and O–H groups in total. The van der Waals surface area contributed by atoms with Crippen molar-refractivity contribution in [2.24, 2.45) is 0 Å². The fourth-order valence-corrected chi connectivity index (χ4v) is 1.28. The number of hydrogen-bond acceptors (Lipinski definition) is 3. The molecule has 0 saturated heterocycles. The third kappa shape index (κ3) is 5.67. The first-order chi connectivity index (χ1) is 7.32. The lowest BCUT2D eigenvalue weighted by molar-refractivity contribution is -0.209. The van der Waals surface area contributed by atoms with Crippen molar-refractivity contribution in [1.82, 2.24) is 4.90 Å². The molecular formula is C10H20F3NO2. The fourth-order valence-electron chi connectivity index (χ4n) is 1.28. The smallest absolute Gasteiger partial charge is 0.383 e. The number of hydrogen-bond donors (Lipinski definition) is 1. The highest BCUT2D eigenvalue weighted by Crippen LogP contribution is 2.21. The van der Waals surface area contributed by atoms with Crippen LogP contribution in [0.2, 0.25) is 0 Å². The lowest BCUT2D eigenvalue weighted by Crippen LogP contribution is -2.45. The summed E-state index contributed by atoms with van der Waals surface area (Å²) in [5, 5.41) is 8.99. The molecule has 0 aromatic carbocycles. The van der Waals surface area contributed by atoms with Gasteiger partial charge in [0.1, 0.15) is 0 Å². The van der Waals surface area contributed by atoms with Crippen LogP contribution in [0.3, 0.4) is 0 Å². The molecule has 0 spiro atoms. The molecule has 0 aromatic rings. The van der Waals surface area contributed by atoms with E-state index in [1.54, 1.807) is 4.90 Å². The van der Waals surface area contributed by atoms with Gasteiger partial charge in [-0.25, -0.2) is 0 Å². The number of ether oxygens (including phenoxy) is 1. The van der Waals surface area contributed by atoms with Crippen molar-refractivity contribution >= 4 is 0 Å². The van der Waals surface area contributed by atoms with E-state index in [0.29, 0.717) is 13.2 Å². The van der Waals surface area contributed by atoms with E-state index in [0.717, 1.165) is 6.42 Å². The van der Waals surface area contributed by atoms with Gasteiger partial charge in [-0.05, 0) is 13.3 Å². The highest BCUT2D eigenvalue weighted by molar-refractivity contribution is 4.74. The van der Waals surface area contributed by atoms with Gasteiger partial charge in [0.25, 0.3) is 0 Å². The summed E-state index contributed by atoms with van der Waals surface area (Å²) in [7, 11) is 1.50. The van der Waals surface area contributed by atoms with Crippen molar-refractivity contribution < 1.29 is 23.0 Å². The lowest BCUT2D eigenvalue weighted by Gasteiger charge is -2.30. The first-order valence-corrected chi connectivity index (χ1v) is 5.30. The van der Waals surface area contributed by atoms with Crippen molar-refractivity contribution in [1.29, 1.82) is 0 Å². The van der Waals surface area contributed by atoms with Gasteiger partial charge >= 0.3 is 6.18 Å². The van der Waals surface area contributed by atoms with Gasteiger partial charge in [-0.1, -0.05) is 6.92 Å². The van der Waals surface area contributed by atoms with Gasteiger partial charge in [-0.2, -0.15) is 13.2 Å². The van der Waals surface area contributed by atoms with Crippen LogP contribution in [0.1, 0.15) is 20.3 Å². The van der Waals surface area contributed by atoms with E-state index >= 15 is 0 Å². The van der Waals surface area contributed by atoms with Crippen LogP contribution in [-0.2, 0) is 4.74 Å². The Kier molecular flexibility index (Phi) is 6.94. The minimum atomic E-state index is -4.56. The Morgan fingerprint density at radius 2 is 1.94 bits per heavy atom. The summed E-state index contributed by atoms with van der Waals surface area (Å²) in [6.07, 6.45) is -6.12. The van der Waals surface area contributed by atoms with Crippen molar-refractivity contribution in [3.05, 3.63) is 0 Å². The third-order valence-corrected chi connectivity index (χ3v) is 2.58. The molecule has 16 heavy (non-hydrogen) atoms. The average Bonchev–Trinajstić information content (AvgIpc) is 2.21. The summed E-state index contributed by atoms with van der Waals surface area (Å²) in [5.41, 5.74) is 0. The molecule has 2 unspecified atom stereocenters. The van der Waals surface area contributed by atoms with Crippen LogP contribution >= 0.6 is 0 Å². The maximum absolute atomic E-state index is 12.2. The van der Waals surface area contributed by atoms with Crippen LogP contribution in [0, 0.1) is 0 Å². The molecule has 0 aliphatic carbocycles. The highest BCUT2D eigenvalue weighted by Gasteiger charge is 2.39. The van der Waals surface area contributed by atoms with Crippen LogP contribution < -0.4 is 0 Å². The minimum absolute atomic E-state index is 0.00727. The van der Waals surface area contributed by atoms with E-state index in [-0.39, 0.29) is 6.04 Å². The molecule has 3 nitrogen and oxygen atoms in total. The molecule has 6 heteroatoms. The third-order valence-electron chi connectivity index (χ3n) is 2.58. The summed E-state index contributed by atoms with van der Waals surface area (Å²) in [4.78, 5) is 1.58. The zero-order chi connectivity index (χ0) is 12.8. The molecule has 0 aliphatic rings. The van der Waals surface area contributed by atoms with Gasteiger partial charge in [0.15, 0.2) is 6.10 Å². The Bertz CT molecular complexity index is 187. The van der Waals surface area contributed by atoms with Gasteiger partial charge in [0.2, 0.25) is 0 Å². The van der Waals surface area contributed by atoms with Crippen LogP contribution in [0.5, 0.6) is 0 Å². The number of methoxy groups -OCH3 is 1. The molecule has 0 aromatic heterocycles. The van der Waals surface area contributed by atoms with Gasteiger partial charge in [-0.3, -0.25) is 4.90 Å². The van der Waals surface area contributed by atoms with E-state index < -0.39 is 18.8 Å². The summed E-state index contributed by atoms with van der Waals surface area (Å²) in [6, 6.07) is -0.00727. The van der Waals surface area contributed by atoms with Gasteiger partial charge in [-0.15, -0.1) is 0 Å². The zero-order valence-electron chi connectivity index (χ0n) is 9.92. The summed E-state index contributed by atoms with van der Waals surface area (Å²) >= 11 is 0. The standard InChI is InChI=1S/C10H20F3NO2/c1-4-8(2)14(5-6-16-3)7-9(15)10(11,12)13/h8-9,15H,4-7H2,1-3H3. The molecule has 98 valence electrons. The van der Waals surface area contributed by atoms with E-state index in [1.165, 1.54) is 7.11 Å². The number of halogens is 3. The van der Waals surface area contributed by atoms with Crippen molar-refractivity contribution in [3.63, 3.8) is 0 Å². The Morgan fingerprint density at radius 3 is 2.31 bits per heavy atom. The molecule has 0 radical (unpaired) electrons. The Balaban J connectivity index is 4.30. The average molecular weight is 243 g/mol.